The maximum Gasteiger partial charge on any atom is 0.328 e. The summed E-state index contributed by atoms with van der Waals surface area (Å²) in [5.41, 5.74) is 0.879. The van der Waals surface area contributed by atoms with Gasteiger partial charge in [0.05, 0.1) is 0 Å². The molecule has 6 nitrogen and oxygen atoms in total. The van der Waals surface area contributed by atoms with Gasteiger partial charge in [-0.3, -0.25) is 4.79 Å². The average molecular weight is 263 g/mol. The lowest BCUT2D eigenvalue weighted by Gasteiger charge is -2.15. The molecule has 0 atom stereocenters. The zero-order chi connectivity index (χ0) is 13.8. The molecule has 1 aliphatic heterocycles. The van der Waals surface area contributed by atoms with Crippen molar-refractivity contribution < 1.29 is 24.2 Å². The number of carbonyl (C=O) groups excluding carboxylic acids is 1. The quantitative estimate of drug-likeness (QED) is 0.820. The monoisotopic (exact) mass is 263 g/mol. The Bertz CT molecular complexity index is 538. The SMILES string of the molecule is CN(Cc1ccc2c(c1)OCO2)C(=O)/C=C/C(=O)O. The van der Waals surface area contributed by atoms with Crippen molar-refractivity contribution in [2.75, 3.05) is 13.8 Å². The van der Waals surface area contributed by atoms with E-state index in [2.05, 4.69) is 0 Å². The standard InChI is InChI=1S/C13H13NO5/c1-14(12(15)4-5-13(16)17)7-9-2-3-10-11(6-9)19-8-18-10/h2-6H,7-8H2,1H3,(H,16,17)/b5-4+. The molecule has 0 aromatic heterocycles. The van der Waals surface area contributed by atoms with Gasteiger partial charge in [0.15, 0.2) is 11.5 Å². The van der Waals surface area contributed by atoms with Crippen molar-refractivity contribution in [1.82, 2.24) is 4.90 Å². The van der Waals surface area contributed by atoms with Gasteiger partial charge in [0.25, 0.3) is 0 Å². The number of hydrogen-bond donors (Lipinski definition) is 1. The van der Waals surface area contributed by atoms with Crippen LogP contribution in [0.1, 0.15) is 5.56 Å². The van der Waals surface area contributed by atoms with Crippen LogP contribution in [0.4, 0.5) is 0 Å². The summed E-state index contributed by atoms with van der Waals surface area (Å²) in [5, 5.41) is 8.45. The molecule has 0 radical (unpaired) electrons. The van der Waals surface area contributed by atoms with Crippen LogP contribution in [0, 0.1) is 0 Å². The van der Waals surface area contributed by atoms with E-state index in [0.717, 1.165) is 17.7 Å². The molecule has 0 bridgehead atoms. The number of likely N-dealkylation sites (N-methyl/N-ethyl adjacent to an activating group) is 1. The molecule has 1 heterocycles. The summed E-state index contributed by atoms with van der Waals surface area (Å²) in [6.45, 7) is 0.564. The van der Waals surface area contributed by atoms with E-state index in [0.29, 0.717) is 18.0 Å². The number of carbonyl (C=O) groups is 2. The Labute approximate surface area is 109 Å². The Hall–Kier alpha value is -2.50. The fourth-order valence-corrected chi connectivity index (χ4v) is 1.66. The maximum absolute atomic E-state index is 11.6. The smallest absolute Gasteiger partial charge is 0.328 e. The number of fused-ring (bicyclic) bond motifs is 1. The number of benzene rings is 1. The van der Waals surface area contributed by atoms with Crippen molar-refractivity contribution in [3.63, 3.8) is 0 Å². The van der Waals surface area contributed by atoms with E-state index in [-0.39, 0.29) is 12.7 Å². The van der Waals surface area contributed by atoms with Gasteiger partial charge in [0.2, 0.25) is 12.7 Å². The third-order valence-electron chi connectivity index (χ3n) is 2.60. The Morgan fingerprint density at radius 3 is 2.79 bits per heavy atom. The molecule has 2 rings (SSSR count). The van der Waals surface area contributed by atoms with Gasteiger partial charge in [-0.1, -0.05) is 6.07 Å². The molecule has 0 saturated carbocycles. The fraction of sp³-hybridized carbons (Fsp3) is 0.231. The van der Waals surface area contributed by atoms with E-state index in [1.165, 1.54) is 4.90 Å². The first-order valence-electron chi connectivity index (χ1n) is 5.61. The fourth-order valence-electron chi connectivity index (χ4n) is 1.66. The Morgan fingerprint density at radius 1 is 1.32 bits per heavy atom. The minimum absolute atomic E-state index is 0.203. The number of carboxylic acids is 1. The van der Waals surface area contributed by atoms with E-state index in [9.17, 15) is 9.59 Å². The predicted molar refractivity (Wildman–Crippen MR) is 65.8 cm³/mol. The average Bonchev–Trinajstić information content (AvgIpc) is 2.83. The predicted octanol–water partition coefficient (Wildman–Crippen LogP) is 1.01. The largest absolute Gasteiger partial charge is 0.478 e. The minimum Gasteiger partial charge on any atom is -0.478 e. The molecule has 1 aliphatic rings. The summed E-state index contributed by atoms with van der Waals surface area (Å²) >= 11 is 0. The van der Waals surface area contributed by atoms with Crippen LogP contribution in [-0.2, 0) is 16.1 Å². The number of amides is 1. The Morgan fingerprint density at radius 2 is 2.05 bits per heavy atom. The van der Waals surface area contributed by atoms with Crippen LogP contribution in [-0.4, -0.2) is 35.7 Å². The molecule has 6 heteroatoms. The first-order valence-corrected chi connectivity index (χ1v) is 5.61. The van der Waals surface area contributed by atoms with Gasteiger partial charge in [-0.05, 0) is 17.7 Å². The zero-order valence-electron chi connectivity index (χ0n) is 10.3. The maximum atomic E-state index is 11.6. The summed E-state index contributed by atoms with van der Waals surface area (Å²) in [5.74, 6) is -0.187. The lowest BCUT2D eigenvalue weighted by atomic mass is 10.2. The summed E-state index contributed by atoms with van der Waals surface area (Å²) in [6.07, 6.45) is 1.84. The van der Waals surface area contributed by atoms with Crippen molar-refractivity contribution >= 4 is 11.9 Å². The highest BCUT2D eigenvalue weighted by Gasteiger charge is 2.14. The molecule has 19 heavy (non-hydrogen) atoms. The van der Waals surface area contributed by atoms with Crippen LogP contribution in [0.2, 0.25) is 0 Å². The van der Waals surface area contributed by atoms with Crippen LogP contribution in [0.15, 0.2) is 30.4 Å². The molecular formula is C13H13NO5. The van der Waals surface area contributed by atoms with Gasteiger partial charge in [-0.2, -0.15) is 0 Å². The highest BCUT2D eigenvalue weighted by Crippen LogP contribution is 2.32. The molecule has 0 aliphatic carbocycles. The highest BCUT2D eigenvalue weighted by molar-refractivity contribution is 5.93. The van der Waals surface area contributed by atoms with Gasteiger partial charge >= 0.3 is 5.97 Å². The van der Waals surface area contributed by atoms with Crippen molar-refractivity contribution in [2.45, 2.75) is 6.54 Å². The van der Waals surface area contributed by atoms with Crippen molar-refractivity contribution in [1.29, 1.82) is 0 Å². The molecule has 0 saturated heterocycles. The summed E-state index contributed by atoms with van der Waals surface area (Å²) in [6, 6.07) is 5.41. The van der Waals surface area contributed by atoms with Gasteiger partial charge in [-0.25, -0.2) is 4.79 Å². The number of hydrogen-bond acceptors (Lipinski definition) is 4. The number of ether oxygens (including phenoxy) is 2. The zero-order valence-corrected chi connectivity index (χ0v) is 10.3. The number of nitrogens with zero attached hydrogens (tertiary/aromatic N) is 1. The van der Waals surface area contributed by atoms with Crippen LogP contribution >= 0.6 is 0 Å². The van der Waals surface area contributed by atoms with E-state index in [1.54, 1.807) is 19.2 Å². The molecule has 1 aromatic carbocycles. The van der Waals surface area contributed by atoms with E-state index >= 15 is 0 Å². The second-order valence-corrected chi connectivity index (χ2v) is 4.05. The first kappa shape index (κ1) is 12.9. The van der Waals surface area contributed by atoms with Crippen molar-refractivity contribution in [3.8, 4) is 11.5 Å². The third-order valence-corrected chi connectivity index (χ3v) is 2.60. The van der Waals surface area contributed by atoms with E-state index in [1.807, 2.05) is 6.07 Å². The molecular weight excluding hydrogens is 250 g/mol. The van der Waals surface area contributed by atoms with Crippen LogP contribution in [0.25, 0.3) is 0 Å². The second-order valence-electron chi connectivity index (χ2n) is 4.05. The lowest BCUT2D eigenvalue weighted by Crippen LogP contribution is -2.24. The summed E-state index contributed by atoms with van der Waals surface area (Å²) in [4.78, 5) is 23.3. The van der Waals surface area contributed by atoms with E-state index in [4.69, 9.17) is 14.6 Å². The summed E-state index contributed by atoms with van der Waals surface area (Å²) < 4.78 is 10.4. The van der Waals surface area contributed by atoms with Gasteiger partial charge in [0.1, 0.15) is 0 Å². The van der Waals surface area contributed by atoms with Crippen LogP contribution in [0.3, 0.4) is 0 Å². The van der Waals surface area contributed by atoms with Crippen LogP contribution in [0.5, 0.6) is 11.5 Å². The van der Waals surface area contributed by atoms with Crippen LogP contribution < -0.4 is 9.47 Å². The molecule has 1 amide bonds. The molecule has 1 N–H and O–H groups in total. The number of aliphatic carboxylic acids is 1. The van der Waals surface area contributed by atoms with E-state index < -0.39 is 5.97 Å². The number of rotatable bonds is 4. The van der Waals surface area contributed by atoms with Crippen molar-refractivity contribution in [3.05, 3.63) is 35.9 Å². The third kappa shape index (κ3) is 3.25. The Kier molecular flexibility index (Phi) is 3.70. The second kappa shape index (κ2) is 5.43. The van der Waals surface area contributed by atoms with Gasteiger partial charge in [-0.15, -0.1) is 0 Å². The highest BCUT2D eigenvalue weighted by atomic mass is 16.7. The normalized spacial score (nSPS) is 12.7. The molecule has 0 spiro atoms. The Balaban J connectivity index is 2.00. The molecule has 100 valence electrons. The van der Waals surface area contributed by atoms with Gasteiger partial charge in [0, 0.05) is 25.7 Å². The first-order chi connectivity index (χ1) is 9.06. The number of carboxylic acid groups (broad SMARTS) is 1. The summed E-state index contributed by atoms with van der Waals surface area (Å²) in [7, 11) is 1.60. The van der Waals surface area contributed by atoms with Gasteiger partial charge < -0.3 is 19.5 Å². The minimum atomic E-state index is -1.15. The lowest BCUT2D eigenvalue weighted by molar-refractivity contribution is -0.132. The molecule has 0 fully saturated rings. The van der Waals surface area contributed by atoms with Crippen molar-refractivity contribution in [2.24, 2.45) is 0 Å². The molecule has 0 unspecified atom stereocenters. The molecule has 1 aromatic rings. The topological polar surface area (TPSA) is 76.1 Å².